The number of benzene rings is 1. The molecule has 3 N–H and O–H groups in total. The van der Waals surface area contributed by atoms with Crippen molar-refractivity contribution in [3.05, 3.63) is 46.2 Å². The minimum atomic E-state index is -0.127. The van der Waals surface area contributed by atoms with Crippen LogP contribution < -0.4 is 20.7 Å². The van der Waals surface area contributed by atoms with E-state index in [1.54, 1.807) is 14.2 Å². The normalized spacial score (nSPS) is 15.1. The van der Waals surface area contributed by atoms with E-state index in [9.17, 15) is 4.79 Å². The van der Waals surface area contributed by atoms with Crippen molar-refractivity contribution < 1.29 is 9.53 Å². The Bertz CT molecular complexity index is 854. The van der Waals surface area contributed by atoms with Crippen molar-refractivity contribution in [2.75, 3.05) is 39.1 Å². The molecule has 1 saturated heterocycles. The van der Waals surface area contributed by atoms with Crippen LogP contribution in [0.2, 0.25) is 0 Å². The number of amides is 1. The van der Waals surface area contributed by atoms with Crippen molar-refractivity contribution in [3.63, 3.8) is 0 Å². The van der Waals surface area contributed by atoms with Gasteiger partial charge < -0.3 is 20.7 Å². The zero-order valence-electron chi connectivity index (χ0n) is 18.3. The summed E-state index contributed by atoms with van der Waals surface area (Å²) < 4.78 is 5.32. The average Bonchev–Trinajstić information content (AvgIpc) is 3.45. The van der Waals surface area contributed by atoms with Gasteiger partial charge in [0.1, 0.15) is 5.75 Å². The zero-order valence-corrected chi connectivity index (χ0v) is 21.5. The van der Waals surface area contributed by atoms with Crippen molar-refractivity contribution >= 4 is 52.9 Å². The zero-order chi connectivity index (χ0) is 21.3. The van der Waals surface area contributed by atoms with Gasteiger partial charge in [-0.2, -0.15) is 0 Å². The molecule has 0 bridgehead atoms. The summed E-state index contributed by atoms with van der Waals surface area (Å²) in [6, 6.07) is 10.4. The third-order valence-electron chi connectivity index (χ3n) is 5.17. The van der Waals surface area contributed by atoms with Gasteiger partial charge in [0.2, 0.25) is 5.91 Å². The number of aliphatic imine (C=N–C) groups is 1. The highest BCUT2D eigenvalue weighted by molar-refractivity contribution is 14.0. The third kappa shape index (κ3) is 7.36. The summed E-state index contributed by atoms with van der Waals surface area (Å²) >= 11 is 1.81. The first kappa shape index (κ1) is 25.4. The number of rotatable bonds is 8. The number of methoxy groups -OCH3 is 1. The molecule has 1 atom stereocenters. The molecule has 0 saturated carbocycles. The van der Waals surface area contributed by atoms with Crippen LogP contribution in [0.4, 0.5) is 5.69 Å². The van der Waals surface area contributed by atoms with Crippen molar-refractivity contribution in [2.24, 2.45) is 4.99 Å². The molecule has 31 heavy (non-hydrogen) atoms. The Labute approximate surface area is 205 Å². The van der Waals surface area contributed by atoms with Crippen LogP contribution in [0.25, 0.3) is 0 Å². The Morgan fingerprint density at radius 2 is 2.03 bits per heavy atom. The molecule has 1 amide bonds. The number of halogens is 1. The lowest BCUT2D eigenvalue weighted by Crippen LogP contribution is -2.42. The predicted molar refractivity (Wildman–Crippen MR) is 139 cm³/mol. The van der Waals surface area contributed by atoms with Gasteiger partial charge in [0.25, 0.3) is 0 Å². The van der Waals surface area contributed by atoms with Crippen LogP contribution in [0.5, 0.6) is 5.75 Å². The van der Waals surface area contributed by atoms with Gasteiger partial charge in [-0.3, -0.25) is 14.7 Å². The second kappa shape index (κ2) is 12.9. The first-order valence-electron chi connectivity index (χ1n) is 10.3. The maximum Gasteiger partial charge on any atom is 0.221 e. The van der Waals surface area contributed by atoms with E-state index in [1.807, 2.05) is 29.5 Å². The summed E-state index contributed by atoms with van der Waals surface area (Å²) in [5.74, 6) is 1.27. The van der Waals surface area contributed by atoms with Crippen molar-refractivity contribution in [3.8, 4) is 5.75 Å². The highest BCUT2D eigenvalue weighted by atomic mass is 127. The number of hydrogen-bond donors (Lipinski definition) is 3. The molecule has 9 heteroatoms. The maximum absolute atomic E-state index is 11.4. The molecule has 2 heterocycles. The van der Waals surface area contributed by atoms with Gasteiger partial charge in [0.15, 0.2) is 5.96 Å². The number of nitrogens with one attached hydrogen (secondary N) is 3. The number of nitrogens with zero attached hydrogens (tertiary/aromatic N) is 2. The molecule has 0 aliphatic carbocycles. The molecular formula is C22H32IN5O2S. The largest absolute Gasteiger partial charge is 0.495 e. The molecule has 7 nitrogen and oxygen atoms in total. The number of carbonyl (C=O) groups is 1. The van der Waals surface area contributed by atoms with E-state index >= 15 is 0 Å². The van der Waals surface area contributed by atoms with Gasteiger partial charge in [-0.15, -0.1) is 35.3 Å². The van der Waals surface area contributed by atoms with E-state index in [0.29, 0.717) is 24.0 Å². The first-order valence-corrected chi connectivity index (χ1v) is 11.1. The minimum Gasteiger partial charge on any atom is -0.495 e. The Morgan fingerprint density at radius 1 is 1.26 bits per heavy atom. The monoisotopic (exact) mass is 557 g/mol. The van der Waals surface area contributed by atoms with Gasteiger partial charge >= 0.3 is 0 Å². The maximum atomic E-state index is 11.4. The number of likely N-dealkylation sites (tertiary alicyclic amines) is 1. The lowest BCUT2D eigenvalue weighted by atomic mass is 10.2. The predicted octanol–water partition coefficient (Wildman–Crippen LogP) is 3.84. The fourth-order valence-electron chi connectivity index (χ4n) is 3.70. The summed E-state index contributed by atoms with van der Waals surface area (Å²) in [4.78, 5) is 19.8. The number of carbonyl (C=O) groups excluding carboxylic acids is 1. The fourth-order valence-corrected chi connectivity index (χ4v) is 4.56. The summed E-state index contributed by atoms with van der Waals surface area (Å²) in [5.41, 5.74) is 1.69. The number of thiophene rings is 1. The molecule has 1 aromatic heterocycles. The van der Waals surface area contributed by atoms with Gasteiger partial charge in [-0.1, -0.05) is 12.1 Å². The molecule has 1 aliphatic heterocycles. The Balaban J connectivity index is 0.00000341. The molecule has 3 rings (SSSR count). The number of hydrogen-bond acceptors (Lipinski definition) is 5. The number of guanidine groups is 1. The topological polar surface area (TPSA) is 78.0 Å². The van der Waals surface area contributed by atoms with E-state index in [0.717, 1.165) is 31.2 Å². The van der Waals surface area contributed by atoms with Crippen LogP contribution in [0.3, 0.4) is 0 Å². The highest BCUT2D eigenvalue weighted by Crippen LogP contribution is 2.28. The fraction of sp³-hybridized carbons (Fsp3) is 0.455. The minimum absolute atomic E-state index is 0. The lowest BCUT2D eigenvalue weighted by Gasteiger charge is -2.27. The van der Waals surface area contributed by atoms with Gasteiger partial charge in [0.05, 0.1) is 18.8 Å². The molecule has 1 aromatic carbocycles. The van der Waals surface area contributed by atoms with E-state index in [2.05, 4.69) is 43.4 Å². The molecule has 1 unspecified atom stereocenters. The van der Waals surface area contributed by atoms with Crippen LogP contribution >= 0.6 is 35.3 Å². The molecule has 1 fully saturated rings. The van der Waals surface area contributed by atoms with Gasteiger partial charge in [0, 0.05) is 31.9 Å². The van der Waals surface area contributed by atoms with Crippen LogP contribution in [-0.4, -0.2) is 50.6 Å². The van der Waals surface area contributed by atoms with Crippen LogP contribution in [-0.2, 0) is 11.3 Å². The van der Waals surface area contributed by atoms with Crippen LogP contribution in [0, 0.1) is 0 Å². The molecule has 0 spiro atoms. The van der Waals surface area contributed by atoms with Gasteiger partial charge in [-0.05, 0) is 55.1 Å². The van der Waals surface area contributed by atoms with E-state index in [-0.39, 0.29) is 29.9 Å². The highest BCUT2D eigenvalue weighted by Gasteiger charge is 2.24. The molecular weight excluding hydrogens is 525 g/mol. The van der Waals surface area contributed by atoms with Crippen LogP contribution in [0.15, 0.2) is 40.7 Å². The Morgan fingerprint density at radius 3 is 2.65 bits per heavy atom. The summed E-state index contributed by atoms with van der Waals surface area (Å²) in [5, 5.41) is 11.8. The quantitative estimate of drug-likeness (QED) is 0.261. The number of ether oxygens (including phenoxy) is 1. The van der Waals surface area contributed by atoms with E-state index in [4.69, 9.17) is 4.74 Å². The van der Waals surface area contributed by atoms with E-state index < -0.39 is 0 Å². The van der Waals surface area contributed by atoms with Crippen molar-refractivity contribution in [1.29, 1.82) is 0 Å². The van der Waals surface area contributed by atoms with Gasteiger partial charge in [-0.25, -0.2) is 0 Å². The second-order valence-electron chi connectivity index (χ2n) is 7.30. The summed E-state index contributed by atoms with van der Waals surface area (Å²) in [7, 11) is 3.37. The lowest BCUT2D eigenvalue weighted by molar-refractivity contribution is -0.114. The third-order valence-corrected chi connectivity index (χ3v) is 6.15. The smallest absolute Gasteiger partial charge is 0.221 e. The average molecular weight is 558 g/mol. The SMILES string of the molecule is CN=C(NCc1ccc(OC)c(NC(C)=O)c1)NCC(c1cccs1)N1CCCC1.I. The summed E-state index contributed by atoms with van der Waals surface area (Å²) in [6.45, 7) is 5.17. The Kier molecular flexibility index (Phi) is 10.6. The standard InChI is InChI=1S/C22H31N5O2S.HI/c1-16(28)26-18-13-17(8-9-20(18)29-3)14-24-22(23-2)25-15-19(21-7-6-12-30-21)27-10-4-5-11-27;/h6-9,12-13,19H,4-5,10-11,14-15H2,1-3H3,(H,26,28)(H2,23,24,25);1H. The summed E-state index contributed by atoms with van der Waals surface area (Å²) in [6.07, 6.45) is 2.53. The van der Waals surface area contributed by atoms with Crippen molar-refractivity contribution in [2.45, 2.75) is 32.4 Å². The number of anilines is 1. The van der Waals surface area contributed by atoms with Crippen LogP contribution in [0.1, 0.15) is 36.2 Å². The molecule has 170 valence electrons. The Hall–Kier alpha value is -1.85. The van der Waals surface area contributed by atoms with E-state index in [1.165, 1.54) is 24.6 Å². The molecule has 1 aliphatic rings. The molecule has 2 aromatic rings. The first-order chi connectivity index (χ1) is 14.6. The molecule has 0 radical (unpaired) electrons. The van der Waals surface area contributed by atoms with Crippen molar-refractivity contribution in [1.82, 2.24) is 15.5 Å². The second-order valence-corrected chi connectivity index (χ2v) is 8.28.